The van der Waals surface area contributed by atoms with Crippen molar-refractivity contribution >= 4 is 17.5 Å². The molecule has 2 aliphatic rings. The Balaban J connectivity index is 1.86. The Morgan fingerprint density at radius 3 is 2.65 bits per heavy atom. The van der Waals surface area contributed by atoms with E-state index >= 15 is 0 Å². The second kappa shape index (κ2) is 7.20. The van der Waals surface area contributed by atoms with Gasteiger partial charge in [-0.2, -0.15) is 0 Å². The summed E-state index contributed by atoms with van der Waals surface area (Å²) in [7, 11) is 0. The maximum absolute atomic E-state index is 13.2. The highest BCUT2D eigenvalue weighted by atomic mass is 35.5. The third-order valence-electron chi connectivity index (χ3n) is 5.12. The van der Waals surface area contributed by atoms with Crippen LogP contribution in [0.5, 0.6) is 0 Å². The van der Waals surface area contributed by atoms with Gasteiger partial charge in [-0.3, -0.25) is 4.79 Å². The number of carbonyl (C=O) groups is 1. The topological polar surface area (TPSA) is 58.6 Å². The Morgan fingerprint density at radius 1 is 1.35 bits per heavy atom. The van der Waals surface area contributed by atoms with E-state index in [2.05, 4.69) is 5.32 Å². The first-order valence-electron chi connectivity index (χ1n) is 8.42. The maximum Gasteiger partial charge on any atom is 0.231 e. The van der Waals surface area contributed by atoms with E-state index < -0.39 is 5.41 Å². The van der Waals surface area contributed by atoms with Crippen LogP contribution in [0.4, 0.5) is 0 Å². The molecule has 1 amide bonds. The van der Waals surface area contributed by atoms with Crippen molar-refractivity contribution < 1.29 is 14.6 Å². The largest absolute Gasteiger partial charge is 0.396 e. The maximum atomic E-state index is 13.2. The lowest BCUT2D eigenvalue weighted by molar-refractivity contribution is -0.131. The van der Waals surface area contributed by atoms with E-state index in [1.165, 1.54) is 0 Å². The van der Waals surface area contributed by atoms with E-state index in [-0.39, 0.29) is 18.6 Å². The molecule has 0 aromatic heterocycles. The average molecular weight is 338 g/mol. The van der Waals surface area contributed by atoms with Crippen molar-refractivity contribution in [2.75, 3.05) is 19.8 Å². The van der Waals surface area contributed by atoms with Crippen LogP contribution in [0.25, 0.3) is 0 Å². The molecule has 23 heavy (non-hydrogen) atoms. The summed E-state index contributed by atoms with van der Waals surface area (Å²) in [4.78, 5) is 13.2. The van der Waals surface area contributed by atoms with E-state index in [1.807, 2.05) is 24.3 Å². The molecule has 126 valence electrons. The van der Waals surface area contributed by atoms with Gasteiger partial charge in [0.1, 0.15) is 0 Å². The Bertz CT molecular complexity index is 553. The molecule has 1 aromatic rings. The minimum atomic E-state index is -0.626. The average Bonchev–Trinajstić information content (AvgIpc) is 3.40. The van der Waals surface area contributed by atoms with Gasteiger partial charge in [-0.25, -0.2) is 0 Å². The normalized spacial score (nSPS) is 21.7. The Labute approximate surface area is 142 Å². The molecule has 1 saturated heterocycles. The summed E-state index contributed by atoms with van der Waals surface area (Å²) in [6.07, 6.45) is 4.16. The van der Waals surface area contributed by atoms with Crippen LogP contribution in [-0.2, 0) is 14.9 Å². The van der Waals surface area contributed by atoms with Gasteiger partial charge in [-0.15, -0.1) is 0 Å². The van der Waals surface area contributed by atoms with Crippen molar-refractivity contribution in [1.29, 1.82) is 0 Å². The van der Waals surface area contributed by atoms with Crippen LogP contribution in [0, 0.1) is 5.92 Å². The molecule has 2 fully saturated rings. The number of rotatable bonds is 6. The van der Waals surface area contributed by atoms with E-state index in [1.54, 1.807) is 0 Å². The van der Waals surface area contributed by atoms with E-state index in [0.29, 0.717) is 43.4 Å². The van der Waals surface area contributed by atoms with Gasteiger partial charge in [0.25, 0.3) is 0 Å². The summed E-state index contributed by atoms with van der Waals surface area (Å²) in [6, 6.07) is 7.67. The summed E-state index contributed by atoms with van der Waals surface area (Å²) in [6.45, 7) is 1.23. The van der Waals surface area contributed by atoms with Crippen LogP contribution >= 0.6 is 11.6 Å². The summed E-state index contributed by atoms with van der Waals surface area (Å²) < 4.78 is 5.49. The Hall–Kier alpha value is -1.10. The zero-order valence-electron chi connectivity index (χ0n) is 13.3. The molecule has 1 saturated carbocycles. The van der Waals surface area contributed by atoms with Crippen LogP contribution in [0.2, 0.25) is 5.02 Å². The second-order valence-corrected chi connectivity index (χ2v) is 7.01. The van der Waals surface area contributed by atoms with E-state index in [4.69, 9.17) is 16.3 Å². The summed E-state index contributed by atoms with van der Waals surface area (Å²) in [5.74, 6) is 0.536. The lowest BCUT2D eigenvalue weighted by Crippen LogP contribution is -2.51. The highest BCUT2D eigenvalue weighted by molar-refractivity contribution is 6.31. The minimum Gasteiger partial charge on any atom is -0.396 e. The Morgan fingerprint density at radius 2 is 2.04 bits per heavy atom. The smallest absolute Gasteiger partial charge is 0.231 e. The molecule has 1 aliphatic carbocycles. The number of aliphatic hydroxyl groups excluding tert-OH is 1. The molecule has 3 rings (SSSR count). The number of hydrogen-bond donors (Lipinski definition) is 2. The highest BCUT2D eigenvalue weighted by Crippen LogP contribution is 2.40. The molecule has 1 aliphatic heterocycles. The van der Waals surface area contributed by atoms with Gasteiger partial charge in [-0.05, 0) is 49.7 Å². The van der Waals surface area contributed by atoms with Crippen LogP contribution in [0.15, 0.2) is 24.3 Å². The Kier molecular flexibility index (Phi) is 5.24. The lowest BCUT2D eigenvalue weighted by atomic mass is 9.73. The fourth-order valence-electron chi connectivity index (χ4n) is 3.56. The molecular formula is C18H24ClNO3. The molecule has 0 bridgehead atoms. The zero-order valence-corrected chi connectivity index (χ0v) is 14.0. The van der Waals surface area contributed by atoms with Gasteiger partial charge in [0, 0.05) is 30.9 Å². The van der Waals surface area contributed by atoms with Gasteiger partial charge < -0.3 is 15.2 Å². The van der Waals surface area contributed by atoms with E-state index in [0.717, 1.165) is 18.4 Å². The number of aliphatic hydroxyl groups is 1. The molecule has 1 aromatic carbocycles. The molecule has 0 radical (unpaired) electrons. The summed E-state index contributed by atoms with van der Waals surface area (Å²) in [5, 5.41) is 13.1. The lowest BCUT2D eigenvalue weighted by Gasteiger charge is -2.38. The van der Waals surface area contributed by atoms with Crippen LogP contribution in [-0.4, -0.2) is 36.9 Å². The monoisotopic (exact) mass is 337 g/mol. The minimum absolute atomic E-state index is 0.0271. The van der Waals surface area contributed by atoms with Gasteiger partial charge in [0.2, 0.25) is 5.91 Å². The van der Waals surface area contributed by atoms with E-state index in [9.17, 15) is 9.90 Å². The van der Waals surface area contributed by atoms with Gasteiger partial charge in [0.05, 0.1) is 5.41 Å². The van der Waals surface area contributed by atoms with Crippen molar-refractivity contribution in [2.24, 2.45) is 5.92 Å². The second-order valence-electron chi connectivity index (χ2n) is 6.60. The van der Waals surface area contributed by atoms with Gasteiger partial charge in [0.15, 0.2) is 0 Å². The molecule has 2 N–H and O–H groups in total. The predicted octanol–water partition coefficient (Wildman–Crippen LogP) is 2.67. The number of carbonyl (C=O) groups excluding carboxylic acids is 1. The van der Waals surface area contributed by atoms with Crippen LogP contribution in [0.1, 0.15) is 37.7 Å². The quantitative estimate of drug-likeness (QED) is 0.839. The van der Waals surface area contributed by atoms with Gasteiger partial charge >= 0.3 is 0 Å². The van der Waals surface area contributed by atoms with Crippen molar-refractivity contribution in [3.63, 3.8) is 0 Å². The number of ether oxygens (including phenoxy) is 1. The molecule has 1 heterocycles. The molecule has 5 heteroatoms. The van der Waals surface area contributed by atoms with Crippen molar-refractivity contribution in [2.45, 2.75) is 43.6 Å². The fraction of sp³-hybridized carbons (Fsp3) is 0.611. The third kappa shape index (κ3) is 3.54. The van der Waals surface area contributed by atoms with Crippen molar-refractivity contribution in [1.82, 2.24) is 5.32 Å². The molecule has 1 atom stereocenters. The SMILES string of the molecule is O=C(NC(CCO)C1CC1)C1(c2ccccc2Cl)CCOCC1. The first-order valence-corrected chi connectivity index (χ1v) is 8.80. The summed E-state index contributed by atoms with van der Waals surface area (Å²) in [5.41, 5.74) is 0.264. The standard InChI is InChI=1S/C18H24ClNO3/c19-15-4-2-1-3-14(15)18(8-11-23-12-9-18)17(22)20-16(7-10-21)13-5-6-13/h1-4,13,16,21H,5-12H2,(H,20,22). The number of nitrogens with one attached hydrogen (secondary N) is 1. The van der Waals surface area contributed by atoms with Gasteiger partial charge in [-0.1, -0.05) is 29.8 Å². The first-order chi connectivity index (χ1) is 11.2. The molecule has 1 unspecified atom stereocenters. The molecule has 0 spiro atoms. The van der Waals surface area contributed by atoms with Crippen LogP contribution in [0.3, 0.4) is 0 Å². The molecular weight excluding hydrogens is 314 g/mol. The number of benzene rings is 1. The third-order valence-corrected chi connectivity index (χ3v) is 5.45. The number of amides is 1. The number of hydrogen-bond acceptors (Lipinski definition) is 3. The predicted molar refractivity (Wildman–Crippen MR) is 89.5 cm³/mol. The van der Waals surface area contributed by atoms with Crippen LogP contribution < -0.4 is 5.32 Å². The highest BCUT2D eigenvalue weighted by Gasteiger charge is 2.44. The van der Waals surface area contributed by atoms with Crippen molar-refractivity contribution in [3.8, 4) is 0 Å². The zero-order chi connectivity index (χ0) is 16.3. The summed E-state index contributed by atoms with van der Waals surface area (Å²) >= 11 is 6.40. The fourth-order valence-corrected chi connectivity index (χ4v) is 3.87. The number of halogens is 1. The molecule has 4 nitrogen and oxygen atoms in total. The first kappa shape index (κ1) is 16.7. The van der Waals surface area contributed by atoms with Crippen molar-refractivity contribution in [3.05, 3.63) is 34.9 Å².